The van der Waals surface area contributed by atoms with Gasteiger partial charge < -0.3 is 10.1 Å². The number of carbonyl (C=O) groups is 1. The third-order valence-electron chi connectivity index (χ3n) is 4.61. The maximum absolute atomic E-state index is 13.2. The molecule has 6 heteroatoms. The molecule has 1 saturated heterocycles. The van der Waals surface area contributed by atoms with Crippen LogP contribution in [0.5, 0.6) is 5.75 Å². The summed E-state index contributed by atoms with van der Waals surface area (Å²) >= 11 is 0. The molecule has 138 valence electrons. The highest BCUT2D eigenvalue weighted by molar-refractivity contribution is 5.82. The van der Waals surface area contributed by atoms with Crippen molar-refractivity contribution in [1.29, 1.82) is 0 Å². The smallest absolute Gasteiger partial charge is 0.262 e. The Morgan fingerprint density at radius 2 is 1.92 bits per heavy atom. The minimum Gasteiger partial charge on any atom is -0.496 e. The first-order valence-electron chi connectivity index (χ1n) is 8.54. The van der Waals surface area contributed by atoms with Gasteiger partial charge in [-0.15, -0.1) is 0 Å². The summed E-state index contributed by atoms with van der Waals surface area (Å²) in [6.45, 7) is 1.39. The maximum atomic E-state index is 13.2. The van der Waals surface area contributed by atoms with Crippen LogP contribution in [0.3, 0.4) is 0 Å². The molecule has 1 heterocycles. The molecular weight excluding hydrogens is 338 g/mol. The number of para-hydroxylation sites is 1. The van der Waals surface area contributed by atoms with Crippen LogP contribution in [0.4, 0.5) is 8.78 Å². The van der Waals surface area contributed by atoms with E-state index in [2.05, 4.69) is 10.6 Å². The summed E-state index contributed by atoms with van der Waals surface area (Å²) in [4.78, 5) is 12.2. The lowest BCUT2D eigenvalue weighted by Crippen LogP contribution is -2.41. The van der Waals surface area contributed by atoms with Crippen LogP contribution < -0.4 is 15.4 Å². The van der Waals surface area contributed by atoms with Gasteiger partial charge in [-0.2, -0.15) is 0 Å². The van der Waals surface area contributed by atoms with Gasteiger partial charge in [0.25, 0.3) is 5.92 Å². The molecule has 1 aliphatic rings. The molecule has 1 fully saturated rings. The Balaban J connectivity index is 1.67. The zero-order valence-corrected chi connectivity index (χ0v) is 14.8. The number of halogens is 2. The van der Waals surface area contributed by atoms with E-state index in [9.17, 15) is 13.6 Å². The molecule has 0 aliphatic carbocycles. The Bertz CT molecular complexity index is 778. The first-order chi connectivity index (χ1) is 12.4. The van der Waals surface area contributed by atoms with Crippen molar-refractivity contribution in [3.63, 3.8) is 0 Å². The third kappa shape index (κ3) is 4.02. The molecule has 0 saturated carbocycles. The van der Waals surface area contributed by atoms with Crippen LogP contribution in [-0.2, 0) is 4.79 Å². The molecule has 3 rings (SSSR count). The molecule has 2 aromatic rings. The molecule has 1 aliphatic heterocycles. The molecule has 2 unspecified atom stereocenters. The summed E-state index contributed by atoms with van der Waals surface area (Å²) in [5.41, 5.74) is 2.89. The van der Waals surface area contributed by atoms with Gasteiger partial charge in [0, 0.05) is 12.0 Å². The van der Waals surface area contributed by atoms with Gasteiger partial charge in [-0.3, -0.25) is 10.1 Å². The van der Waals surface area contributed by atoms with Gasteiger partial charge in [-0.05, 0) is 24.1 Å². The molecule has 26 heavy (non-hydrogen) atoms. The molecule has 2 atom stereocenters. The maximum Gasteiger partial charge on any atom is 0.262 e. The second kappa shape index (κ2) is 7.41. The number of hydrogen-bond donors (Lipinski definition) is 2. The minimum absolute atomic E-state index is 0.273. The van der Waals surface area contributed by atoms with Gasteiger partial charge in [-0.25, -0.2) is 8.78 Å². The summed E-state index contributed by atoms with van der Waals surface area (Å²) in [5.74, 6) is -2.43. The molecule has 2 N–H and O–H groups in total. The van der Waals surface area contributed by atoms with Gasteiger partial charge in [0.1, 0.15) is 5.75 Å². The Morgan fingerprint density at radius 3 is 2.54 bits per heavy atom. The van der Waals surface area contributed by atoms with Crippen molar-refractivity contribution >= 4 is 5.91 Å². The average molecular weight is 360 g/mol. The molecule has 0 aromatic heterocycles. The topological polar surface area (TPSA) is 50.4 Å². The molecule has 1 amide bonds. The van der Waals surface area contributed by atoms with Crippen molar-refractivity contribution in [2.45, 2.75) is 31.4 Å². The Hall–Kier alpha value is -2.47. The van der Waals surface area contributed by atoms with E-state index < -0.39 is 30.8 Å². The first-order valence-corrected chi connectivity index (χ1v) is 8.54. The van der Waals surface area contributed by atoms with Crippen LogP contribution in [0.25, 0.3) is 11.1 Å². The third-order valence-corrected chi connectivity index (χ3v) is 4.61. The quantitative estimate of drug-likeness (QED) is 0.858. The highest BCUT2D eigenvalue weighted by Crippen LogP contribution is 2.30. The van der Waals surface area contributed by atoms with Crippen LogP contribution >= 0.6 is 0 Å². The lowest BCUT2D eigenvalue weighted by atomic mass is 10.0. The number of ether oxygens (including phenoxy) is 1. The number of hydrogen-bond acceptors (Lipinski definition) is 3. The van der Waals surface area contributed by atoms with Crippen molar-refractivity contribution in [3.05, 3.63) is 54.1 Å². The van der Waals surface area contributed by atoms with Crippen LogP contribution in [-0.4, -0.2) is 31.5 Å². The lowest BCUT2D eigenvalue weighted by Gasteiger charge is -2.18. The number of alkyl halides is 2. The number of benzene rings is 2. The first kappa shape index (κ1) is 18.3. The second-order valence-corrected chi connectivity index (χ2v) is 6.55. The SMILES string of the molecule is COc1ccccc1-c1ccc(C(C)NC(=O)C2CC(F)(F)CN2)cc1. The fraction of sp³-hybridized carbons (Fsp3) is 0.350. The van der Waals surface area contributed by atoms with Gasteiger partial charge in [0.2, 0.25) is 5.91 Å². The Labute approximate surface area is 151 Å². The second-order valence-electron chi connectivity index (χ2n) is 6.55. The van der Waals surface area contributed by atoms with Crippen molar-refractivity contribution in [2.24, 2.45) is 0 Å². The summed E-state index contributed by atoms with van der Waals surface area (Å²) in [6, 6.07) is 14.4. The van der Waals surface area contributed by atoms with Crippen molar-refractivity contribution in [3.8, 4) is 16.9 Å². The van der Waals surface area contributed by atoms with E-state index in [1.165, 1.54) is 0 Å². The fourth-order valence-electron chi connectivity index (χ4n) is 3.13. The zero-order chi connectivity index (χ0) is 18.7. The van der Waals surface area contributed by atoms with Crippen molar-refractivity contribution in [2.75, 3.05) is 13.7 Å². The standard InChI is InChI=1S/C20H22F2N2O2/c1-13(24-19(25)17-11-20(21,22)12-23-17)14-7-9-15(10-8-14)16-5-3-4-6-18(16)26-2/h3-10,13,17,23H,11-12H2,1-2H3,(H,24,25). The monoisotopic (exact) mass is 360 g/mol. The summed E-state index contributed by atoms with van der Waals surface area (Å²) in [6.07, 6.45) is -0.460. The van der Waals surface area contributed by atoms with Gasteiger partial charge >= 0.3 is 0 Å². The average Bonchev–Trinajstić information content (AvgIpc) is 3.01. The van der Waals surface area contributed by atoms with Crippen molar-refractivity contribution in [1.82, 2.24) is 10.6 Å². The number of carbonyl (C=O) groups excluding carboxylic acids is 1. The summed E-state index contributed by atoms with van der Waals surface area (Å²) in [5, 5.41) is 5.37. The van der Waals surface area contributed by atoms with E-state index in [-0.39, 0.29) is 6.04 Å². The number of nitrogens with one attached hydrogen (secondary N) is 2. The normalized spacial score (nSPS) is 19.8. The van der Waals surface area contributed by atoms with E-state index in [0.717, 1.165) is 22.4 Å². The molecular formula is C20H22F2N2O2. The molecule has 0 radical (unpaired) electrons. The van der Waals surface area contributed by atoms with Crippen molar-refractivity contribution < 1.29 is 18.3 Å². The molecule has 0 bridgehead atoms. The van der Waals surface area contributed by atoms with Crippen LogP contribution in [0.1, 0.15) is 24.9 Å². The van der Waals surface area contributed by atoms with Crippen LogP contribution in [0.2, 0.25) is 0 Å². The minimum atomic E-state index is -2.82. The Kier molecular flexibility index (Phi) is 5.23. The van der Waals surface area contributed by atoms with E-state index in [4.69, 9.17) is 4.74 Å². The fourth-order valence-corrected chi connectivity index (χ4v) is 3.13. The molecule has 2 aromatic carbocycles. The number of rotatable bonds is 5. The highest BCUT2D eigenvalue weighted by atomic mass is 19.3. The van der Waals surface area contributed by atoms with E-state index >= 15 is 0 Å². The lowest BCUT2D eigenvalue weighted by molar-refractivity contribution is -0.124. The molecule has 0 spiro atoms. The van der Waals surface area contributed by atoms with E-state index in [0.29, 0.717) is 0 Å². The van der Waals surface area contributed by atoms with Gasteiger partial charge in [-0.1, -0.05) is 42.5 Å². The van der Waals surface area contributed by atoms with Crippen LogP contribution in [0, 0.1) is 0 Å². The summed E-state index contributed by atoms with van der Waals surface area (Å²) in [7, 11) is 1.63. The largest absolute Gasteiger partial charge is 0.496 e. The van der Waals surface area contributed by atoms with E-state index in [1.807, 2.05) is 55.5 Å². The zero-order valence-electron chi connectivity index (χ0n) is 14.8. The number of methoxy groups -OCH3 is 1. The predicted molar refractivity (Wildman–Crippen MR) is 96.3 cm³/mol. The summed E-state index contributed by atoms with van der Waals surface area (Å²) < 4.78 is 31.8. The van der Waals surface area contributed by atoms with Gasteiger partial charge in [0.05, 0.1) is 25.7 Å². The number of amides is 1. The van der Waals surface area contributed by atoms with Gasteiger partial charge in [0.15, 0.2) is 0 Å². The Morgan fingerprint density at radius 1 is 1.23 bits per heavy atom. The highest BCUT2D eigenvalue weighted by Gasteiger charge is 2.42. The van der Waals surface area contributed by atoms with E-state index in [1.54, 1.807) is 7.11 Å². The van der Waals surface area contributed by atoms with Crippen LogP contribution in [0.15, 0.2) is 48.5 Å². The molecule has 4 nitrogen and oxygen atoms in total. The predicted octanol–water partition coefficient (Wildman–Crippen LogP) is 3.54.